The van der Waals surface area contributed by atoms with Gasteiger partial charge in [0, 0.05) is 18.5 Å². The van der Waals surface area contributed by atoms with Gasteiger partial charge in [-0.15, -0.1) is 0 Å². The van der Waals surface area contributed by atoms with E-state index in [-0.39, 0.29) is 25.4 Å². The highest BCUT2D eigenvalue weighted by Gasteiger charge is 2.34. The van der Waals surface area contributed by atoms with Crippen LogP contribution in [0.2, 0.25) is 0 Å². The molecule has 0 unspecified atom stereocenters. The maximum absolute atomic E-state index is 10.4. The van der Waals surface area contributed by atoms with E-state index in [9.17, 15) is 5.11 Å². The second-order valence-electron chi connectivity index (χ2n) is 8.61. The summed E-state index contributed by atoms with van der Waals surface area (Å²) in [6.45, 7) is 1.95. The van der Waals surface area contributed by atoms with Crippen LogP contribution in [0.15, 0.2) is 84.9 Å². The average Bonchev–Trinajstić information content (AvgIpc) is 3.29. The molecule has 172 valence electrons. The number of aromatic nitrogens is 1. The van der Waals surface area contributed by atoms with Crippen molar-refractivity contribution in [3.05, 3.63) is 102 Å². The number of benzene rings is 3. The molecule has 6 heteroatoms. The summed E-state index contributed by atoms with van der Waals surface area (Å²) in [7, 11) is 0. The second-order valence-corrected chi connectivity index (χ2v) is 8.61. The van der Waals surface area contributed by atoms with E-state index in [2.05, 4.69) is 64.5 Å². The Bertz CT molecular complexity index is 1220. The first-order valence-electron chi connectivity index (χ1n) is 11.5. The van der Waals surface area contributed by atoms with Gasteiger partial charge in [0.2, 0.25) is 0 Å². The molecule has 5 rings (SSSR count). The number of nitrogens with zero attached hydrogens (tertiary/aromatic N) is 2. The molecule has 1 atom stereocenters. The average molecular weight is 454 g/mol. The predicted octanol–water partition coefficient (Wildman–Crippen LogP) is 4.27. The topological polar surface area (TPSA) is 81.5 Å². The third-order valence-corrected chi connectivity index (χ3v) is 6.17. The molecule has 3 aromatic carbocycles. The van der Waals surface area contributed by atoms with Crippen LogP contribution in [-0.2, 0) is 4.74 Å². The van der Waals surface area contributed by atoms with E-state index in [1.54, 1.807) is 6.07 Å². The lowest BCUT2D eigenvalue weighted by atomic mass is 9.94. The molecule has 0 amide bonds. The van der Waals surface area contributed by atoms with Gasteiger partial charge >= 0.3 is 0 Å². The van der Waals surface area contributed by atoms with Crippen LogP contribution >= 0.6 is 0 Å². The fourth-order valence-corrected chi connectivity index (χ4v) is 4.47. The van der Waals surface area contributed by atoms with E-state index < -0.39 is 6.10 Å². The summed E-state index contributed by atoms with van der Waals surface area (Å²) >= 11 is 0. The fraction of sp³-hybridized carbons (Fsp3) is 0.250. The molecule has 0 radical (unpaired) electrons. The van der Waals surface area contributed by atoms with E-state index >= 15 is 0 Å². The summed E-state index contributed by atoms with van der Waals surface area (Å²) in [6, 6.07) is 30.7. The largest absolute Gasteiger partial charge is 0.490 e. The summed E-state index contributed by atoms with van der Waals surface area (Å²) in [6.07, 6.45) is -0.659. The van der Waals surface area contributed by atoms with Gasteiger partial charge in [0.05, 0.1) is 24.3 Å². The summed E-state index contributed by atoms with van der Waals surface area (Å²) in [5.41, 5.74) is 3.84. The van der Waals surface area contributed by atoms with Gasteiger partial charge < -0.3 is 19.6 Å². The SMILES string of the molecule is N#Cc1cc2c(OC[C@@H](O)COC3CN(C(c4ccccc4)c4ccccc4)C3)cccc2[nH]1. The zero-order chi connectivity index (χ0) is 23.3. The Morgan fingerprint density at radius 2 is 1.62 bits per heavy atom. The van der Waals surface area contributed by atoms with E-state index in [1.165, 1.54) is 11.1 Å². The number of ether oxygens (including phenoxy) is 2. The van der Waals surface area contributed by atoms with Gasteiger partial charge in [0.25, 0.3) is 0 Å². The maximum Gasteiger partial charge on any atom is 0.128 e. The normalized spacial score (nSPS) is 15.2. The maximum atomic E-state index is 10.4. The van der Waals surface area contributed by atoms with Crippen LogP contribution in [0, 0.1) is 11.3 Å². The number of H-pyrrole nitrogens is 1. The molecule has 1 aromatic heterocycles. The number of aliphatic hydroxyl groups excluding tert-OH is 1. The van der Waals surface area contributed by atoms with E-state index in [0.717, 1.165) is 24.0 Å². The lowest BCUT2D eigenvalue weighted by Crippen LogP contribution is -2.54. The van der Waals surface area contributed by atoms with Crippen molar-refractivity contribution in [1.82, 2.24) is 9.88 Å². The molecule has 0 bridgehead atoms. The highest BCUT2D eigenvalue weighted by atomic mass is 16.5. The van der Waals surface area contributed by atoms with Crippen LogP contribution in [0.4, 0.5) is 0 Å². The zero-order valence-corrected chi connectivity index (χ0v) is 18.8. The number of hydrogen-bond donors (Lipinski definition) is 2. The minimum absolute atomic E-state index is 0.0795. The molecule has 1 saturated heterocycles. The summed E-state index contributed by atoms with van der Waals surface area (Å²) in [5, 5.41) is 20.3. The molecule has 34 heavy (non-hydrogen) atoms. The standard InChI is InChI=1S/C28H27N3O3/c29-15-22-14-25-26(30-22)12-7-13-27(25)34-19-23(32)18-33-24-16-31(17-24)28(20-8-3-1-4-9-20)21-10-5-2-6-11-21/h1-14,23-24,28,30,32H,16-19H2/t23-/m0/s1. The van der Waals surface area contributed by atoms with Crippen molar-refractivity contribution in [1.29, 1.82) is 5.26 Å². The van der Waals surface area contributed by atoms with Crippen molar-refractivity contribution in [2.24, 2.45) is 0 Å². The molecule has 2 N–H and O–H groups in total. The van der Waals surface area contributed by atoms with Crippen molar-refractivity contribution >= 4 is 10.9 Å². The van der Waals surface area contributed by atoms with Gasteiger partial charge in [0.1, 0.15) is 30.2 Å². The fourth-order valence-electron chi connectivity index (χ4n) is 4.47. The third-order valence-electron chi connectivity index (χ3n) is 6.17. The third kappa shape index (κ3) is 4.82. The molecular formula is C28H27N3O3. The molecule has 4 aromatic rings. The Morgan fingerprint density at radius 3 is 2.26 bits per heavy atom. The highest BCUT2D eigenvalue weighted by molar-refractivity contribution is 5.87. The number of aromatic amines is 1. The van der Waals surface area contributed by atoms with Crippen molar-refractivity contribution in [3.8, 4) is 11.8 Å². The number of fused-ring (bicyclic) bond motifs is 1. The number of aliphatic hydroxyl groups is 1. The number of nitriles is 1. The summed E-state index contributed by atoms with van der Waals surface area (Å²) < 4.78 is 11.8. The van der Waals surface area contributed by atoms with Gasteiger partial charge in [-0.3, -0.25) is 4.90 Å². The molecule has 6 nitrogen and oxygen atoms in total. The van der Waals surface area contributed by atoms with Crippen molar-refractivity contribution in [2.45, 2.75) is 18.2 Å². The molecule has 1 fully saturated rings. The first-order valence-corrected chi connectivity index (χ1v) is 11.5. The van der Waals surface area contributed by atoms with Gasteiger partial charge in [-0.05, 0) is 29.3 Å². The highest BCUT2D eigenvalue weighted by Crippen LogP contribution is 2.33. The van der Waals surface area contributed by atoms with Crippen LogP contribution in [0.5, 0.6) is 5.75 Å². The molecule has 2 heterocycles. The van der Waals surface area contributed by atoms with Gasteiger partial charge in [-0.2, -0.15) is 5.26 Å². The summed E-state index contributed by atoms with van der Waals surface area (Å²) in [4.78, 5) is 5.43. The summed E-state index contributed by atoms with van der Waals surface area (Å²) in [5.74, 6) is 0.637. The first kappa shape index (κ1) is 22.2. The van der Waals surface area contributed by atoms with Crippen LogP contribution in [0.3, 0.4) is 0 Å². The molecular weight excluding hydrogens is 426 g/mol. The minimum atomic E-state index is -0.738. The van der Waals surface area contributed by atoms with Crippen LogP contribution < -0.4 is 4.74 Å². The first-order chi connectivity index (χ1) is 16.7. The van der Waals surface area contributed by atoms with Crippen molar-refractivity contribution in [3.63, 3.8) is 0 Å². The van der Waals surface area contributed by atoms with Crippen LogP contribution in [-0.4, -0.2) is 53.5 Å². The number of likely N-dealkylation sites (tertiary alicyclic amines) is 1. The van der Waals surface area contributed by atoms with Gasteiger partial charge in [0.15, 0.2) is 0 Å². The molecule has 1 aliphatic heterocycles. The van der Waals surface area contributed by atoms with Crippen molar-refractivity contribution < 1.29 is 14.6 Å². The number of hydrogen-bond acceptors (Lipinski definition) is 5. The van der Waals surface area contributed by atoms with Gasteiger partial charge in [-0.25, -0.2) is 0 Å². The smallest absolute Gasteiger partial charge is 0.128 e. The molecule has 1 aliphatic rings. The monoisotopic (exact) mass is 453 g/mol. The van der Waals surface area contributed by atoms with E-state index in [4.69, 9.17) is 14.7 Å². The Labute approximate surface area is 199 Å². The van der Waals surface area contributed by atoms with Crippen LogP contribution in [0.1, 0.15) is 22.9 Å². The Balaban J connectivity index is 1.13. The van der Waals surface area contributed by atoms with E-state index in [0.29, 0.717) is 11.4 Å². The lowest BCUT2D eigenvalue weighted by molar-refractivity contribution is -0.0944. The Hall–Kier alpha value is -3.63. The number of nitrogens with one attached hydrogen (secondary N) is 1. The molecule has 0 aliphatic carbocycles. The quantitative estimate of drug-likeness (QED) is 0.396. The predicted molar refractivity (Wildman–Crippen MR) is 131 cm³/mol. The minimum Gasteiger partial charge on any atom is -0.490 e. The number of rotatable bonds is 9. The molecule has 0 saturated carbocycles. The second kappa shape index (κ2) is 10.1. The van der Waals surface area contributed by atoms with Gasteiger partial charge in [-0.1, -0.05) is 66.7 Å². The zero-order valence-electron chi connectivity index (χ0n) is 18.8. The lowest BCUT2D eigenvalue weighted by Gasteiger charge is -2.44. The van der Waals surface area contributed by atoms with Crippen LogP contribution in [0.25, 0.3) is 10.9 Å². The Kier molecular flexibility index (Phi) is 6.59. The van der Waals surface area contributed by atoms with Crippen molar-refractivity contribution in [2.75, 3.05) is 26.3 Å². The van der Waals surface area contributed by atoms with E-state index in [1.807, 2.05) is 30.3 Å². The Morgan fingerprint density at radius 1 is 0.941 bits per heavy atom. The molecule has 0 spiro atoms.